The van der Waals surface area contributed by atoms with E-state index in [0.717, 1.165) is 82.9 Å². The van der Waals surface area contributed by atoms with Gasteiger partial charge in [0.25, 0.3) is 0 Å². The van der Waals surface area contributed by atoms with Gasteiger partial charge in [0.05, 0.1) is 16.9 Å². The number of furan rings is 1. The summed E-state index contributed by atoms with van der Waals surface area (Å²) in [6.45, 7) is 0. The van der Waals surface area contributed by atoms with Crippen LogP contribution in [0.4, 0.5) is 0 Å². The van der Waals surface area contributed by atoms with Crippen LogP contribution in [-0.2, 0) is 0 Å². The molecular weight excluding hydrogens is 689 g/mol. The first-order valence-electron chi connectivity index (χ1n) is 18.5. The molecule has 0 saturated heterocycles. The maximum absolute atomic E-state index is 6.84. The van der Waals surface area contributed by atoms with Crippen molar-refractivity contribution in [1.29, 1.82) is 0 Å². The van der Waals surface area contributed by atoms with Gasteiger partial charge < -0.3 is 4.42 Å². The van der Waals surface area contributed by atoms with Crippen molar-refractivity contribution >= 4 is 43.7 Å². The first kappa shape index (κ1) is 31.7. The molecule has 0 radical (unpaired) electrons. The third kappa shape index (κ3) is 5.25. The minimum absolute atomic E-state index is 0.487. The van der Waals surface area contributed by atoms with E-state index in [1.54, 1.807) is 0 Å². The van der Waals surface area contributed by atoms with Crippen LogP contribution in [0.15, 0.2) is 186 Å². The third-order valence-corrected chi connectivity index (χ3v) is 10.3. The summed E-state index contributed by atoms with van der Waals surface area (Å²) in [5, 5.41) is 3.97. The molecule has 11 rings (SSSR count). The van der Waals surface area contributed by atoms with E-state index in [1.165, 1.54) is 0 Å². The van der Waals surface area contributed by atoms with E-state index in [1.807, 2.05) is 115 Å². The Morgan fingerprint density at radius 3 is 1.52 bits per heavy atom. The van der Waals surface area contributed by atoms with Crippen molar-refractivity contribution in [1.82, 2.24) is 29.5 Å². The molecule has 0 amide bonds. The predicted octanol–water partition coefficient (Wildman–Crippen LogP) is 12.0. The lowest BCUT2D eigenvalue weighted by atomic mass is 9.98. The van der Waals surface area contributed by atoms with Gasteiger partial charge >= 0.3 is 0 Å². The lowest BCUT2D eigenvalue weighted by Gasteiger charge is -2.12. The molecule has 4 aromatic heterocycles. The second-order valence-corrected chi connectivity index (χ2v) is 13.7. The minimum atomic E-state index is 0.487. The molecule has 11 aromatic rings. The number of hydrogen-bond donors (Lipinski definition) is 0. The van der Waals surface area contributed by atoms with Crippen LogP contribution >= 0.6 is 0 Å². The highest BCUT2D eigenvalue weighted by Crippen LogP contribution is 2.45. The zero-order chi connectivity index (χ0) is 37.0. The fraction of sp³-hybridized carbons (Fsp3) is 0. The summed E-state index contributed by atoms with van der Waals surface area (Å²) >= 11 is 0. The van der Waals surface area contributed by atoms with Crippen molar-refractivity contribution in [3.63, 3.8) is 0 Å². The maximum Gasteiger partial charge on any atom is 0.238 e. The Balaban J connectivity index is 1.29. The van der Waals surface area contributed by atoms with Crippen LogP contribution in [0.2, 0.25) is 0 Å². The monoisotopic (exact) mass is 718 g/mol. The molecule has 0 aliphatic rings. The van der Waals surface area contributed by atoms with Gasteiger partial charge in [-0.3, -0.25) is 4.57 Å². The van der Waals surface area contributed by atoms with Gasteiger partial charge in [0.1, 0.15) is 11.1 Å². The second kappa shape index (κ2) is 13.0. The van der Waals surface area contributed by atoms with Crippen LogP contribution < -0.4 is 0 Å². The molecule has 0 aliphatic carbocycles. The Hall–Kier alpha value is -7.77. The van der Waals surface area contributed by atoms with E-state index in [-0.39, 0.29) is 0 Å². The molecule has 0 spiro atoms. The van der Waals surface area contributed by atoms with Crippen molar-refractivity contribution in [3.8, 4) is 62.6 Å². The summed E-state index contributed by atoms with van der Waals surface area (Å²) in [6.07, 6.45) is 0. The smallest absolute Gasteiger partial charge is 0.238 e. The molecule has 0 atom stereocenters. The molecule has 0 aliphatic heterocycles. The first-order chi connectivity index (χ1) is 27.8. The van der Waals surface area contributed by atoms with Gasteiger partial charge in [-0.05, 0) is 24.3 Å². The molecule has 0 fully saturated rings. The average molecular weight is 719 g/mol. The summed E-state index contributed by atoms with van der Waals surface area (Å²) in [4.78, 5) is 25.9. The van der Waals surface area contributed by atoms with Crippen LogP contribution in [0.3, 0.4) is 0 Å². The quantitative estimate of drug-likeness (QED) is 0.170. The fourth-order valence-electron chi connectivity index (χ4n) is 7.69. The summed E-state index contributed by atoms with van der Waals surface area (Å²) in [5.41, 5.74) is 9.63. The molecule has 0 saturated carbocycles. The average Bonchev–Trinajstić information content (AvgIpc) is 3.83. The van der Waals surface area contributed by atoms with Gasteiger partial charge in [-0.2, -0.15) is 9.97 Å². The Kier molecular flexibility index (Phi) is 7.35. The van der Waals surface area contributed by atoms with E-state index < -0.39 is 0 Å². The molecular formula is C49H30N6O. The van der Waals surface area contributed by atoms with Gasteiger partial charge in [0.2, 0.25) is 5.95 Å². The highest BCUT2D eigenvalue weighted by Gasteiger charge is 2.26. The van der Waals surface area contributed by atoms with E-state index in [0.29, 0.717) is 23.4 Å². The number of benzene rings is 7. The number of nitrogens with zero attached hydrogens (tertiary/aromatic N) is 6. The third-order valence-electron chi connectivity index (χ3n) is 10.3. The van der Waals surface area contributed by atoms with E-state index in [4.69, 9.17) is 29.3 Å². The molecule has 7 heteroatoms. The lowest BCUT2D eigenvalue weighted by Crippen LogP contribution is -2.06. The minimum Gasteiger partial charge on any atom is -0.454 e. The summed E-state index contributed by atoms with van der Waals surface area (Å²) in [7, 11) is 0. The van der Waals surface area contributed by atoms with Gasteiger partial charge in [0.15, 0.2) is 23.1 Å². The normalized spacial score (nSPS) is 11.6. The van der Waals surface area contributed by atoms with Gasteiger partial charge in [-0.15, -0.1) is 0 Å². The number of para-hydroxylation sites is 2. The largest absolute Gasteiger partial charge is 0.454 e. The standard InChI is InChI=1S/C49H30N6O/c1-5-17-31(18-6-1)39-30-40(51-46(50-39)32-19-7-2-8-20-32)38-29-37-35-25-14-16-28-42(35)56-45(37)44-43(38)36-26-13-15-27-41(36)55(44)49-53-47(33-21-9-3-10-22-33)52-48(54-49)34-23-11-4-12-24-34/h1-30H. The zero-order valence-electron chi connectivity index (χ0n) is 29.9. The van der Waals surface area contributed by atoms with Gasteiger partial charge in [-0.25, -0.2) is 15.0 Å². The second-order valence-electron chi connectivity index (χ2n) is 13.7. The number of rotatable bonds is 6. The maximum atomic E-state index is 6.84. The lowest BCUT2D eigenvalue weighted by molar-refractivity contribution is 0.670. The predicted molar refractivity (Wildman–Crippen MR) is 224 cm³/mol. The Morgan fingerprint density at radius 1 is 0.393 bits per heavy atom. The molecule has 0 unspecified atom stereocenters. The van der Waals surface area contributed by atoms with Crippen LogP contribution in [0.1, 0.15) is 0 Å². The van der Waals surface area contributed by atoms with Crippen molar-refractivity contribution < 1.29 is 4.42 Å². The number of fused-ring (bicyclic) bond motifs is 7. The Morgan fingerprint density at radius 2 is 0.893 bits per heavy atom. The fourth-order valence-corrected chi connectivity index (χ4v) is 7.69. The first-order valence-corrected chi connectivity index (χ1v) is 18.5. The summed E-state index contributed by atoms with van der Waals surface area (Å²) < 4.78 is 8.98. The highest BCUT2D eigenvalue weighted by molar-refractivity contribution is 6.26. The Labute approximate surface area is 321 Å². The molecule has 0 N–H and O–H groups in total. The van der Waals surface area contributed by atoms with E-state index >= 15 is 0 Å². The van der Waals surface area contributed by atoms with Crippen molar-refractivity contribution in [2.24, 2.45) is 0 Å². The summed E-state index contributed by atoms with van der Waals surface area (Å²) in [6, 6.07) is 61.4. The van der Waals surface area contributed by atoms with Gasteiger partial charge in [-0.1, -0.05) is 158 Å². The van der Waals surface area contributed by atoms with Crippen LogP contribution in [0.5, 0.6) is 0 Å². The molecule has 7 nitrogen and oxygen atoms in total. The van der Waals surface area contributed by atoms with Crippen LogP contribution in [0, 0.1) is 0 Å². The Bertz CT molecular complexity index is 3120. The van der Waals surface area contributed by atoms with Crippen LogP contribution in [-0.4, -0.2) is 29.5 Å². The van der Waals surface area contributed by atoms with Crippen molar-refractivity contribution in [2.45, 2.75) is 0 Å². The zero-order valence-corrected chi connectivity index (χ0v) is 29.9. The number of aromatic nitrogens is 6. The van der Waals surface area contributed by atoms with E-state index in [2.05, 4.69) is 71.3 Å². The van der Waals surface area contributed by atoms with Crippen molar-refractivity contribution in [3.05, 3.63) is 182 Å². The SMILES string of the molecule is c1ccc(-c2cc(-c3cc4c5ccccc5oc4c4c3c3ccccc3n4-c3nc(-c4ccccc4)nc(-c4ccccc4)n3)nc(-c3ccccc3)n2)cc1. The molecule has 0 bridgehead atoms. The molecule has 56 heavy (non-hydrogen) atoms. The van der Waals surface area contributed by atoms with Crippen LogP contribution in [0.25, 0.3) is 106 Å². The van der Waals surface area contributed by atoms with E-state index in [9.17, 15) is 0 Å². The highest BCUT2D eigenvalue weighted by atomic mass is 16.3. The molecule has 7 aromatic carbocycles. The molecule has 4 heterocycles. The van der Waals surface area contributed by atoms with Gasteiger partial charge in [0, 0.05) is 49.4 Å². The number of hydrogen-bond acceptors (Lipinski definition) is 6. The molecule has 262 valence electrons. The van der Waals surface area contributed by atoms with Crippen molar-refractivity contribution in [2.75, 3.05) is 0 Å². The summed E-state index contributed by atoms with van der Waals surface area (Å²) in [5.74, 6) is 2.29. The topological polar surface area (TPSA) is 82.5 Å².